The minimum Gasteiger partial charge on any atom is -0.465 e. The number of benzene rings is 1. The van der Waals surface area contributed by atoms with Crippen LogP contribution in [0.25, 0.3) is 10.9 Å². The van der Waals surface area contributed by atoms with Crippen LogP contribution in [0, 0.1) is 0 Å². The fraction of sp³-hybridized carbons (Fsp3) is 0.333. The minimum absolute atomic E-state index is 0.196. The summed E-state index contributed by atoms with van der Waals surface area (Å²) in [6.07, 6.45) is 3.55. The fourth-order valence-corrected chi connectivity index (χ4v) is 3.04. The molecule has 2 heterocycles. The van der Waals surface area contributed by atoms with Gasteiger partial charge >= 0.3 is 11.7 Å². The van der Waals surface area contributed by atoms with Gasteiger partial charge < -0.3 is 10.1 Å². The number of methoxy groups -OCH3 is 1. The second kappa shape index (κ2) is 6.84. The molecule has 1 aliphatic carbocycles. The fourth-order valence-electron chi connectivity index (χ4n) is 3.04. The number of rotatable bonds is 6. The third-order valence-electron chi connectivity index (χ3n) is 4.65. The van der Waals surface area contributed by atoms with Gasteiger partial charge in [0.05, 0.1) is 23.9 Å². The van der Waals surface area contributed by atoms with Gasteiger partial charge in [0, 0.05) is 36.3 Å². The Bertz CT molecular complexity index is 1120. The molecule has 0 atom stereocenters. The van der Waals surface area contributed by atoms with E-state index in [4.69, 9.17) is 4.74 Å². The van der Waals surface area contributed by atoms with Gasteiger partial charge in [-0.25, -0.2) is 9.59 Å². The Labute approximate surface area is 153 Å². The molecule has 0 spiro atoms. The lowest BCUT2D eigenvalue weighted by molar-refractivity contribution is 0.0601. The third-order valence-corrected chi connectivity index (χ3v) is 4.65. The Kier molecular flexibility index (Phi) is 4.36. The van der Waals surface area contributed by atoms with Crippen LogP contribution in [0.15, 0.2) is 34.0 Å². The second-order valence-electron chi connectivity index (χ2n) is 6.58. The Morgan fingerprint density at radius 1 is 1.33 bits per heavy atom. The van der Waals surface area contributed by atoms with Crippen LogP contribution >= 0.6 is 0 Å². The number of esters is 1. The van der Waals surface area contributed by atoms with Crippen LogP contribution in [-0.4, -0.2) is 32.8 Å². The first-order valence-corrected chi connectivity index (χ1v) is 8.67. The average molecular weight is 369 g/mol. The Balaban J connectivity index is 1.51. The van der Waals surface area contributed by atoms with Crippen LogP contribution in [-0.2, 0) is 17.8 Å². The van der Waals surface area contributed by atoms with E-state index in [-0.39, 0.29) is 17.3 Å². The Morgan fingerprint density at radius 3 is 2.89 bits per heavy atom. The quantitative estimate of drug-likeness (QED) is 0.553. The molecule has 1 saturated carbocycles. The predicted octanol–water partition coefficient (Wildman–Crippen LogP) is 0.824. The SMILES string of the molecule is COC(=O)c1ccc2n[nH]c(CNCc3cn(C4CC4)c(=O)[nH]c3=O)c2c1. The first-order valence-electron chi connectivity index (χ1n) is 8.67. The van der Waals surface area contributed by atoms with Gasteiger partial charge in [0.2, 0.25) is 0 Å². The van der Waals surface area contributed by atoms with Crippen molar-refractivity contribution in [1.29, 1.82) is 0 Å². The van der Waals surface area contributed by atoms with Gasteiger partial charge in [0.25, 0.3) is 5.56 Å². The monoisotopic (exact) mass is 369 g/mol. The van der Waals surface area contributed by atoms with Crippen molar-refractivity contribution < 1.29 is 9.53 Å². The van der Waals surface area contributed by atoms with Gasteiger partial charge in [-0.3, -0.25) is 19.4 Å². The molecular formula is C18H19N5O4. The molecule has 0 unspecified atom stereocenters. The number of carbonyl (C=O) groups excluding carboxylic acids is 1. The largest absolute Gasteiger partial charge is 0.465 e. The number of ether oxygens (including phenoxy) is 1. The summed E-state index contributed by atoms with van der Waals surface area (Å²) in [5.74, 6) is -0.411. The first kappa shape index (κ1) is 17.2. The lowest BCUT2D eigenvalue weighted by atomic mass is 10.1. The number of nitrogens with one attached hydrogen (secondary N) is 3. The lowest BCUT2D eigenvalue weighted by Gasteiger charge is -2.07. The molecule has 1 aromatic carbocycles. The van der Waals surface area contributed by atoms with Crippen LogP contribution in [0.4, 0.5) is 0 Å². The average Bonchev–Trinajstić information content (AvgIpc) is 3.43. The molecule has 3 aromatic rings. The topological polar surface area (TPSA) is 122 Å². The highest BCUT2D eigenvalue weighted by molar-refractivity contribution is 5.95. The van der Waals surface area contributed by atoms with E-state index < -0.39 is 5.97 Å². The smallest absolute Gasteiger partial charge is 0.337 e. The summed E-state index contributed by atoms with van der Waals surface area (Å²) in [7, 11) is 1.34. The van der Waals surface area contributed by atoms with E-state index in [1.807, 2.05) is 0 Å². The zero-order valence-corrected chi connectivity index (χ0v) is 14.7. The Hall–Kier alpha value is -3.20. The summed E-state index contributed by atoms with van der Waals surface area (Å²) in [4.78, 5) is 37.9. The zero-order valence-electron chi connectivity index (χ0n) is 14.7. The molecule has 1 aliphatic rings. The predicted molar refractivity (Wildman–Crippen MR) is 97.6 cm³/mol. The number of carbonyl (C=O) groups is 1. The van der Waals surface area contributed by atoms with Crippen LogP contribution in [0.1, 0.15) is 40.5 Å². The van der Waals surface area contributed by atoms with Crippen LogP contribution in [0.5, 0.6) is 0 Å². The molecular weight excluding hydrogens is 350 g/mol. The van der Waals surface area contributed by atoms with Gasteiger partial charge in [-0.1, -0.05) is 0 Å². The molecule has 27 heavy (non-hydrogen) atoms. The van der Waals surface area contributed by atoms with Gasteiger partial charge in [-0.15, -0.1) is 0 Å². The summed E-state index contributed by atoms with van der Waals surface area (Å²) in [5, 5.41) is 11.1. The van der Waals surface area contributed by atoms with Gasteiger partial charge in [-0.2, -0.15) is 5.10 Å². The van der Waals surface area contributed by atoms with E-state index in [1.54, 1.807) is 29.0 Å². The molecule has 0 saturated heterocycles. The zero-order chi connectivity index (χ0) is 19.0. The molecule has 9 heteroatoms. The van der Waals surface area contributed by atoms with Crippen LogP contribution < -0.4 is 16.6 Å². The molecule has 9 nitrogen and oxygen atoms in total. The van der Waals surface area contributed by atoms with Gasteiger partial charge in [0.1, 0.15) is 0 Å². The van der Waals surface area contributed by atoms with E-state index in [9.17, 15) is 14.4 Å². The number of aromatic amines is 2. The maximum atomic E-state index is 12.0. The van der Waals surface area contributed by atoms with Crippen LogP contribution in [0.2, 0.25) is 0 Å². The summed E-state index contributed by atoms with van der Waals surface area (Å²) in [6, 6.07) is 5.33. The molecule has 4 rings (SSSR count). The highest BCUT2D eigenvalue weighted by Crippen LogP contribution is 2.33. The second-order valence-corrected chi connectivity index (χ2v) is 6.58. The van der Waals surface area contributed by atoms with Crippen molar-refractivity contribution in [3.63, 3.8) is 0 Å². The summed E-state index contributed by atoms with van der Waals surface area (Å²) in [6.45, 7) is 0.725. The first-order chi connectivity index (χ1) is 13.1. The highest BCUT2D eigenvalue weighted by Gasteiger charge is 2.25. The molecule has 3 N–H and O–H groups in total. The standard InChI is InChI=1S/C18H19N5O4/c1-27-17(25)10-2-5-14-13(6-10)15(22-21-14)8-19-7-11-9-23(12-3-4-12)18(26)20-16(11)24/h2,5-6,9,12,19H,3-4,7-8H2,1H3,(H,21,22)(H,20,24,26). The molecule has 0 amide bonds. The van der Waals surface area contributed by atoms with Gasteiger partial charge in [0.15, 0.2) is 0 Å². The van der Waals surface area contributed by atoms with Crippen molar-refractivity contribution in [2.24, 2.45) is 0 Å². The Morgan fingerprint density at radius 2 is 2.15 bits per heavy atom. The summed E-state index contributed by atoms with van der Waals surface area (Å²) >= 11 is 0. The third kappa shape index (κ3) is 3.41. The van der Waals surface area contributed by atoms with E-state index >= 15 is 0 Å². The summed E-state index contributed by atoms with van der Waals surface area (Å²) < 4.78 is 6.34. The summed E-state index contributed by atoms with van der Waals surface area (Å²) in [5.41, 5.74) is 1.73. The van der Waals surface area contributed by atoms with Crippen molar-refractivity contribution in [3.05, 3.63) is 62.1 Å². The van der Waals surface area contributed by atoms with Crippen molar-refractivity contribution in [2.45, 2.75) is 32.0 Å². The molecule has 0 aliphatic heterocycles. The van der Waals surface area contributed by atoms with E-state index in [2.05, 4.69) is 20.5 Å². The van der Waals surface area contributed by atoms with E-state index in [1.165, 1.54) is 7.11 Å². The molecule has 0 radical (unpaired) electrons. The molecule has 2 aromatic heterocycles. The van der Waals surface area contributed by atoms with Crippen molar-refractivity contribution in [2.75, 3.05) is 7.11 Å². The molecule has 140 valence electrons. The van der Waals surface area contributed by atoms with Crippen molar-refractivity contribution >= 4 is 16.9 Å². The lowest BCUT2D eigenvalue weighted by Crippen LogP contribution is -2.33. The van der Waals surface area contributed by atoms with Crippen molar-refractivity contribution in [1.82, 2.24) is 25.1 Å². The maximum absolute atomic E-state index is 12.0. The number of fused-ring (bicyclic) bond motifs is 1. The molecule has 1 fully saturated rings. The van der Waals surface area contributed by atoms with Crippen LogP contribution in [0.3, 0.4) is 0 Å². The minimum atomic E-state index is -0.411. The number of nitrogens with zero attached hydrogens (tertiary/aromatic N) is 2. The maximum Gasteiger partial charge on any atom is 0.337 e. The number of aromatic nitrogens is 4. The van der Waals surface area contributed by atoms with Gasteiger partial charge in [-0.05, 0) is 31.0 Å². The number of hydrogen-bond acceptors (Lipinski definition) is 6. The normalized spacial score (nSPS) is 13.8. The van der Waals surface area contributed by atoms with Crippen molar-refractivity contribution in [3.8, 4) is 0 Å². The van der Waals surface area contributed by atoms with E-state index in [0.717, 1.165) is 29.4 Å². The highest BCUT2D eigenvalue weighted by atomic mass is 16.5. The number of hydrogen-bond donors (Lipinski definition) is 3. The molecule has 0 bridgehead atoms. The number of H-pyrrole nitrogens is 2. The van der Waals surface area contributed by atoms with E-state index in [0.29, 0.717) is 24.2 Å².